The van der Waals surface area contributed by atoms with Gasteiger partial charge in [-0.25, -0.2) is 4.79 Å². The van der Waals surface area contributed by atoms with Crippen molar-refractivity contribution in [2.24, 2.45) is 0 Å². The van der Waals surface area contributed by atoms with Crippen LogP contribution in [0.15, 0.2) is 72.8 Å². The number of rotatable bonds is 4. The number of ether oxygens (including phenoxy) is 1. The van der Waals surface area contributed by atoms with E-state index in [-0.39, 0.29) is 5.69 Å². The average Bonchev–Trinajstić information content (AvgIpc) is 3.05. The monoisotopic (exact) mass is 358 g/mol. The minimum absolute atomic E-state index is 0.00163. The molecular formula is C21H14N2O4. The van der Waals surface area contributed by atoms with Crippen LogP contribution in [0.25, 0.3) is 27.9 Å². The molecule has 1 N–H and O–H groups in total. The van der Waals surface area contributed by atoms with E-state index in [1.54, 1.807) is 24.3 Å². The van der Waals surface area contributed by atoms with E-state index in [1.165, 1.54) is 18.2 Å². The number of carbonyl (C=O) groups excluding carboxylic acids is 1. The minimum Gasteiger partial charge on any atom is -0.423 e. The summed E-state index contributed by atoms with van der Waals surface area (Å²) in [5.74, 6) is -0.0712. The lowest BCUT2D eigenvalue weighted by Crippen LogP contribution is -2.03. The number of non-ortho nitro benzene ring substituents is 1. The maximum absolute atomic E-state index is 12.1. The van der Waals surface area contributed by atoms with E-state index in [4.69, 9.17) is 4.74 Å². The molecule has 6 heteroatoms. The summed E-state index contributed by atoms with van der Waals surface area (Å²) in [5.41, 5.74) is 2.66. The van der Waals surface area contributed by atoms with E-state index < -0.39 is 10.9 Å². The molecule has 4 aromatic rings. The zero-order chi connectivity index (χ0) is 18.8. The van der Waals surface area contributed by atoms with Gasteiger partial charge in [-0.05, 0) is 48.0 Å². The summed E-state index contributed by atoms with van der Waals surface area (Å²) < 4.78 is 5.38. The second kappa shape index (κ2) is 6.76. The number of H-pyrrole nitrogens is 1. The van der Waals surface area contributed by atoms with E-state index in [1.807, 2.05) is 36.4 Å². The van der Waals surface area contributed by atoms with E-state index in [9.17, 15) is 14.9 Å². The number of para-hydroxylation sites is 1. The van der Waals surface area contributed by atoms with Crippen LogP contribution in [0.5, 0.6) is 5.75 Å². The van der Waals surface area contributed by atoms with E-state index in [0.717, 1.165) is 21.8 Å². The number of nitro benzene ring substituents is 1. The first-order valence-corrected chi connectivity index (χ1v) is 8.25. The lowest BCUT2D eigenvalue weighted by molar-refractivity contribution is -0.384. The van der Waals surface area contributed by atoms with Crippen LogP contribution < -0.4 is 4.74 Å². The summed E-state index contributed by atoms with van der Waals surface area (Å²) in [7, 11) is 0. The van der Waals surface area contributed by atoms with E-state index in [2.05, 4.69) is 4.98 Å². The molecule has 0 saturated heterocycles. The maximum atomic E-state index is 12.1. The van der Waals surface area contributed by atoms with Crippen molar-refractivity contribution in [1.29, 1.82) is 0 Å². The number of benzene rings is 3. The van der Waals surface area contributed by atoms with Crippen molar-refractivity contribution in [2.45, 2.75) is 0 Å². The van der Waals surface area contributed by atoms with Gasteiger partial charge in [0.1, 0.15) is 5.75 Å². The molecule has 0 saturated carbocycles. The number of aromatic amines is 1. The largest absolute Gasteiger partial charge is 0.423 e. The molecule has 0 atom stereocenters. The predicted molar refractivity (Wildman–Crippen MR) is 104 cm³/mol. The summed E-state index contributed by atoms with van der Waals surface area (Å²) in [4.78, 5) is 25.6. The van der Waals surface area contributed by atoms with E-state index >= 15 is 0 Å². The van der Waals surface area contributed by atoms with Crippen LogP contribution in [0.4, 0.5) is 5.69 Å². The third-order valence-corrected chi connectivity index (χ3v) is 4.21. The number of nitrogens with zero attached hydrogens (tertiary/aromatic N) is 1. The molecule has 0 aliphatic heterocycles. The van der Waals surface area contributed by atoms with Crippen LogP contribution in [-0.2, 0) is 4.79 Å². The van der Waals surface area contributed by atoms with Gasteiger partial charge in [0.2, 0.25) is 0 Å². The quantitative estimate of drug-likeness (QED) is 0.186. The second-order valence-electron chi connectivity index (χ2n) is 5.98. The first-order valence-electron chi connectivity index (χ1n) is 8.25. The summed E-state index contributed by atoms with van der Waals surface area (Å²) in [5, 5.41) is 12.7. The fourth-order valence-electron chi connectivity index (χ4n) is 2.91. The highest BCUT2D eigenvalue weighted by Gasteiger charge is 2.07. The zero-order valence-corrected chi connectivity index (χ0v) is 14.1. The Kier molecular flexibility index (Phi) is 4.14. The molecule has 1 aromatic heterocycles. The Morgan fingerprint density at radius 1 is 0.963 bits per heavy atom. The molecule has 6 nitrogen and oxygen atoms in total. The number of nitro groups is 1. The Morgan fingerprint density at radius 2 is 1.70 bits per heavy atom. The van der Waals surface area contributed by atoms with Crippen LogP contribution in [0, 0.1) is 10.1 Å². The van der Waals surface area contributed by atoms with Gasteiger partial charge in [0.25, 0.3) is 5.69 Å². The Balaban J connectivity index is 1.52. The van der Waals surface area contributed by atoms with Crippen LogP contribution in [-0.4, -0.2) is 15.9 Å². The second-order valence-corrected chi connectivity index (χ2v) is 5.98. The Bertz CT molecular complexity index is 1190. The number of nitrogens with one attached hydrogen (secondary N) is 1. The van der Waals surface area contributed by atoms with Crippen molar-refractivity contribution in [3.8, 4) is 5.75 Å². The summed E-state index contributed by atoms with van der Waals surface area (Å²) >= 11 is 0. The third-order valence-electron chi connectivity index (χ3n) is 4.21. The van der Waals surface area contributed by atoms with Crippen LogP contribution in [0.1, 0.15) is 5.56 Å². The molecule has 0 aliphatic rings. The Labute approximate surface area is 153 Å². The molecule has 27 heavy (non-hydrogen) atoms. The number of hydrogen-bond donors (Lipinski definition) is 1. The molecule has 1 heterocycles. The molecule has 0 spiro atoms. The smallest absolute Gasteiger partial charge is 0.336 e. The van der Waals surface area contributed by atoms with Crippen molar-refractivity contribution in [3.05, 3.63) is 88.5 Å². The maximum Gasteiger partial charge on any atom is 0.336 e. The van der Waals surface area contributed by atoms with E-state index in [0.29, 0.717) is 11.3 Å². The number of fused-ring (bicyclic) bond motifs is 3. The molecule has 0 amide bonds. The van der Waals surface area contributed by atoms with Gasteiger partial charge >= 0.3 is 5.97 Å². The molecule has 0 radical (unpaired) electrons. The molecule has 0 fully saturated rings. The van der Waals surface area contributed by atoms with Gasteiger partial charge in [0, 0.05) is 40.0 Å². The first kappa shape index (κ1) is 16.5. The summed E-state index contributed by atoms with van der Waals surface area (Å²) in [6, 6.07) is 19.3. The third kappa shape index (κ3) is 3.41. The summed E-state index contributed by atoms with van der Waals surface area (Å²) in [6.07, 6.45) is 2.84. The van der Waals surface area contributed by atoms with Crippen molar-refractivity contribution >= 4 is 39.5 Å². The van der Waals surface area contributed by atoms with Crippen molar-refractivity contribution in [3.63, 3.8) is 0 Å². The van der Waals surface area contributed by atoms with Gasteiger partial charge in [-0.2, -0.15) is 0 Å². The first-order chi connectivity index (χ1) is 13.1. The van der Waals surface area contributed by atoms with Gasteiger partial charge < -0.3 is 9.72 Å². The molecule has 4 rings (SSSR count). The number of aromatic nitrogens is 1. The average molecular weight is 358 g/mol. The standard InChI is InChI=1S/C21H14N2O4/c24-21(12-7-14-5-8-15(9-6-14)23(25)26)27-16-10-11-20-18(13-16)17-3-1-2-4-19(17)22-20/h1-13,22H/b12-7+. The normalized spacial score (nSPS) is 11.3. The minimum atomic E-state index is -0.521. The highest BCUT2D eigenvalue weighted by Crippen LogP contribution is 2.28. The van der Waals surface area contributed by atoms with Gasteiger partial charge in [-0.3, -0.25) is 10.1 Å². The molecule has 0 aliphatic carbocycles. The fourth-order valence-corrected chi connectivity index (χ4v) is 2.91. The van der Waals surface area contributed by atoms with Crippen LogP contribution >= 0.6 is 0 Å². The molecular weight excluding hydrogens is 344 g/mol. The molecule has 132 valence electrons. The molecule has 0 unspecified atom stereocenters. The number of hydrogen-bond acceptors (Lipinski definition) is 4. The highest BCUT2D eigenvalue weighted by molar-refractivity contribution is 6.07. The van der Waals surface area contributed by atoms with Crippen molar-refractivity contribution in [1.82, 2.24) is 4.98 Å². The topological polar surface area (TPSA) is 85.2 Å². The predicted octanol–water partition coefficient (Wildman–Crippen LogP) is 4.85. The number of esters is 1. The Morgan fingerprint density at radius 3 is 2.48 bits per heavy atom. The van der Waals surface area contributed by atoms with Gasteiger partial charge in [-0.15, -0.1) is 0 Å². The lowest BCUT2D eigenvalue weighted by atomic mass is 10.1. The van der Waals surface area contributed by atoms with Gasteiger partial charge in [-0.1, -0.05) is 18.2 Å². The van der Waals surface area contributed by atoms with Crippen LogP contribution in [0.2, 0.25) is 0 Å². The Hall–Kier alpha value is -3.93. The summed E-state index contributed by atoms with van der Waals surface area (Å²) in [6.45, 7) is 0. The van der Waals surface area contributed by atoms with Crippen molar-refractivity contribution in [2.75, 3.05) is 0 Å². The highest BCUT2D eigenvalue weighted by atomic mass is 16.6. The molecule has 0 bridgehead atoms. The molecule has 3 aromatic carbocycles. The fraction of sp³-hybridized carbons (Fsp3) is 0. The number of carbonyl (C=O) groups is 1. The van der Waals surface area contributed by atoms with Crippen molar-refractivity contribution < 1.29 is 14.5 Å². The van der Waals surface area contributed by atoms with Gasteiger partial charge in [0.05, 0.1) is 4.92 Å². The lowest BCUT2D eigenvalue weighted by Gasteiger charge is -2.01. The van der Waals surface area contributed by atoms with Gasteiger partial charge in [0.15, 0.2) is 0 Å². The zero-order valence-electron chi connectivity index (χ0n) is 14.1. The van der Waals surface area contributed by atoms with Crippen LogP contribution in [0.3, 0.4) is 0 Å². The SMILES string of the molecule is O=C(/C=C/c1ccc([N+](=O)[O-])cc1)Oc1ccc2[nH]c3ccccc3c2c1.